The molecule has 0 aromatic carbocycles. The molecule has 4 nitrogen and oxygen atoms in total. The second kappa shape index (κ2) is 9.50. The highest BCUT2D eigenvalue weighted by Crippen LogP contribution is 2.05. The molecule has 1 N–H and O–H groups in total. The Morgan fingerprint density at radius 3 is 2.90 bits per heavy atom. The van der Waals surface area contributed by atoms with Gasteiger partial charge in [-0.05, 0) is 26.4 Å². The molecule has 1 heterocycles. The maximum atomic E-state index is 5.83. The van der Waals surface area contributed by atoms with E-state index in [0.717, 1.165) is 52.4 Å². The van der Waals surface area contributed by atoms with Crippen LogP contribution in [0.25, 0.3) is 0 Å². The van der Waals surface area contributed by atoms with Gasteiger partial charge in [-0.15, -0.1) is 0 Å². The average molecular weight is 283 g/mol. The molecule has 0 radical (unpaired) electrons. The van der Waals surface area contributed by atoms with E-state index in [1.807, 2.05) is 0 Å². The van der Waals surface area contributed by atoms with Crippen molar-refractivity contribution < 1.29 is 4.74 Å². The Morgan fingerprint density at radius 2 is 2.25 bits per heavy atom. The van der Waals surface area contributed by atoms with Crippen molar-refractivity contribution in [3.8, 4) is 0 Å². The number of nitrogens with one attached hydrogen (secondary N) is 1. The summed E-state index contributed by atoms with van der Waals surface area (Å²) in [6.45, 7) is 18.7. The highest BCUT2D eigenvalue weighted by Gasteiger charge is 2.20. The second-order valence-electron chi connectivity index (χ2n) is 6.54. The molecule has 0 unspecified atom stereocenters. The molecule has 0 spiro atoms. The van der Waals surface area contributed by atoms with Gasteiger partial charge in [0, 0.05) is 39.3 Å². The predicted molar refractivity (Wildman–Crippen MR) is 86.2 cm³/mol. The van der Waals surface area contributed by atoms with Gasteiger partial charge >= 0.3 is 0 Å². The molecule has 1 rings (SSSR count). The Balaban J connectivity index is 2.18. The Bertz CT molecular complexity index is 281. The first kappa shape index (κ1) is 17.6. The van der Waals surface area contributed by atoms with Crippen molar-refractivity contribution in [1.82, 2.24) is 15.1 Å². The molecule has 1 aliphatic rings. The lowest BCUT2D eigenvalue weighted by molar-refractivity contribution is -0.0287. The fraction of sp³-hybridized carbons (Fsp3) is 0.875. The molecule has 0 aliphatic carbocycles. The van der Waals surface area contributed by atoms with Crippen LogP contribution in [0.3, 0.4) is 0 Å². The summed E-state index contributed by atoms with van der Waals surface area (Å²) < 4.78 is 5.83. The van der Waals surface area contributed by atoms with Crippen LogP contribution in [-0.4, -0.2) is 75.4 Å². The predicted octanol–water partition coefficient (Wildman–Crippen LogP) is 1.44. The van der Waals surface area contributed by atoms with Crippen LogP contribution in [0.2, 0.25) is 0 Å². The van der Waals surface area contributed by atoms with Gasteiger partial charge in [0.05, 0.1) is 12.7 Å². The van der Waals surface area contributed by atoms with Crippen molar-refractivity contribution in [2.24, 2.45) is 5.92 Å². The average Bonchev–Trinajstić information content (AvgIpc) is 2.36. The SMILES string of the molecule is C=C(C)CN(C)CCN1CCO[C@H](CNCC(C)C)C1. The molecule has 118 valence electrons. The van der Waals surface area contributed by atoms with Crippen LogP contribution in [-0.2, 0) is 4.74 Å². The molecule has 1 fully saturated rings. The largest absolute Gasteiger partial charge is 0.374 e. The number of hydrogen-bond acceptors (Lipinski definition) is 4. The van der Waals surface area contributed by atoms with E-state index in [4.69, 9.17) is 4.74 Å². The van der Waals surface area contributed by atoms with E-state index >= 15 is 0 Å². The third-order valence-electron chi connectivity index (χ3n) is 3.49. The fourth-order valence-corrected chi connectivity index (χ4v) is 2.49. The van der Waals surface area contributed by atoms with Crippen LogP contribution in [0.4, 0.5) is 0 Å². The Morgan fingerprint density at radius 1 is 1.50 bits per heavy atom. The van der Waals surface area contributed by atoms with Crippen LogP contribution < -0.4 is 5.32 Å². The zero-order chi connectivity index (χ0) is 15.0. The Labute approximate surface area is 125 Å². The third-order valence-corrected chi connectivity index (χ3v) is 3.49. The van der Waals surface area contributed by atoms with E-state index in [-0.39, 0.29) is 0 Å². The van der Waals surface area contributed by atoms with E-state index in [2.05, 4.69) is 49.5 Å². The fourth-order valence-electron chi connectivity index (χ4n) is 2.49. The number of likely N-dealkylation sites (N-methyl/N-ethyl adjacent to an activating group) is 1. The van der Waals surface area contributed by atoms with E-state index in [0.29, 0.717) is 12.0 Å². The van der Waals surface area contributed by atoms with E-state index in [9.17, 15) is 0 Å². The molecule has 1 atom stereocenters. The molecule has 4 heteroatoms. The number of morpholine rings is 1. The van der Waals surface area contributed by atoms with Gasteiger partial charge in [0.1, 0.15) is 0 Å². The molecule has 0 bridgehead atoms. The Hall–Kier alpha value is -0.420. The molecule has 0 amide bonds. The molecule has 1 saturated heterocycles. The van der Waals surface area contributed by atoms with Crippen LogP contribution in [0.15, 0.2) is 12.2 Å². The number of hydrogen-bond donors (Lipinski definition) is 1. The summed E-state index contributed by atoms with van der Waals surface area (Å²) in [4.78, 5) is 4.85. The minimum atomic E-state index is 0.342. The minimum Gasteiger partial charge on any atom is -0.374 e. The highest BCUT2D eigenvalue weighted by molar-refractivity contribution is 4.91. The lowest BCUT2D eigenvalue weighted by Crippen LogP contribution is -2.48. The summed E-state index contributed by atoms with van der Waals surface area (Å²) in [6.07, 6.45) is 0.342. The van der Waals surface area contributed by atoms with Gasteiger partial charge in [0.25, 0.3) is 0 Å². The quantitative estimate of drug-likeness (QED) is 0.648. The summed E-state index contributed by atoms with van der Waals surface area (Å²) in [6, 6.07) is 0. The van der Waals surface area contributed by atoms with Gasteiger partial charge in [-0.25, -0.2) is 0 Å². The number of nitrogens with zero attached hydrogens (tertiary/aromatic N) is 2. The van der Waals surface area contributed by atoms with Crippen LogP contribution in [0.5, 0.6) is 0 Å². The van der Waals surface area contributed by atoms with Crippen molar-refractivity contribution in [2.75, 3.05) is 59.5 Å². The molecule has 1 aliphatic heterocycles. The lowest BCUT2D eigenvalue weighted by Gasteiger charge is -2.34. The summed E-state index contributed by atoms with van der Waals surface area (Å²) in [5.74, 6) is 0.700. The minimum absolute atomic E-state index is 0.342. The number of ether oxygens (including phenoxy) is 1. The molecular weight excluding hydrogens is 250 g/mol. The molecule has 0 saturated carbocycles. The van der Waals surface area contributed by atoms with Crippen molar-refractivity contribution in [2.45, 2.75) is 26.9 Å². The molecular formula is C16H33N3O. The summed E-state index contributed by atoms with van der Waals surface area (Å²) >= 11 is 0. The molecule has 0 aromatic rings. The van der Waals surface area contributed by atoms with Gasteiger partial charge < -0.3 is 15.0 Å². The smallest absolute Gasteiger partial charge is 0.0826 e. The van der Waals surface area contributed by atoms with Gasteiger partial charge in [-0.1, -0.05) is 26.0 Å². The van der Waals surface area contributed by atoms with Gasteiger partial charge in [0.15, 0.2) is 0 Å². The van der Waals surface area contributed by atoms with Crippen LogP contribution in [0.1, 0.15) is 20.8 Å². The first-order chi connectivity index (χ1) is 9.47. The van der Waals surface area contributed by atoms with Gasteiger partial charge in [-0.3, -0.25) is 4.90 Å². The monoisotopic (exact) mass is 283 g/mol. The van der Waals surface area contributed by atoms with Gasteiger partial charge in [0.2, 0.25) is 0 Å². The first-order valence-electron chi connectivity index (χ1n) is 7.85. The third kappa shape index (κ3) is 8.00. The van der Waals surface area contributed by atoms with Crippen molar-refractivity contribution in [3.05, 3.63) is 12.2 Å². The normalized spacial score (nSPS) is 20.8. The van der Waals surface area contributed by atoms with Crippen molar-refractivity contribution in [1.29, 1.82) is 0 Å². The maximum absolute atomic E-state index is 5.83. The number of rotatable bonds is 9. The van der Waals surface area contributed by atoms with E-state index in [1.165, 1.54) is 5.57 Å². The molecule has 0 aromatic heterocycles. The topological polar surface area (TPSA) is 27.7 Å². The first-order valence-corrected chi connectivity index (χ1v) is 7.85. The zero-order valence-electron chi connectivity index (χ0n) is 13.8. The van der Waals surface area contributed by atoms with Crippen LogP contribution >= 0.6 is 0 Å². The van der Waals surface area contributed by atoms with E-state index < -0.39 is 0 Å². The Kier molecular flexibility index (Phi) is 8.38. The summed E-state index contributed by atoms with van der Waals surface area (Å²) in [5.41, 5.74) is 1.23. The van der Waals surface area contributed by atoms with E-state index in [1.54, 1.807) is 0 Å². The lowest BCUT2D eigenvalue weighted by atomic mass is 10.2. The highest BCUT2D eigenvalue weighted by atomic mass is 16.5. The van der Waals surface area contributed by atoms with Gasteiger partial charge in [-0.2, -0.15) is 0 Å². The van der Waals surface area contributed by atoms with Crippen LogP contribution in [0, 0.1) is 5.92 Å². The molecule has 20 heavy (non-hydrogen) atoms. The van der Waals surface area contributed by atoms with Crippen molar-refractivity contribution >= 4 is 0 Å². The summed E-state index contributed by atoms with van der Waals surface area (Å²) in [7, 11) is 2.16. The second-order valence-corrected chi connectivity index (χ2v) is 6.54. The standard InChI is InChI=1S/C16H33N3O/c1-14(2)10-17-11-16-13-19(8-9-20-16)7-6-18(5)12-15(3)4/h14,16-17H,3,6-13H2,1-2,4-5H3/t16-/m1/s1. The zero-order valence-corrected chi connectivity index (χ0v) is 13.8. The summed E-state index contributed by atoms with van der Waals surface area (Å²) in [5, 5.41) is 3.49. The maximum Gasteiger partial charge on any atom is 0.0826 e. The van der Waals surface area contributed by atoms with Crippen molar-refractivity contribution in [3.63, 3.8) is 0 Å².